The molecule has 2 aromatic heterocycles. The van der Waals surface area contributed by atoms with Gasteiger partial charge in [-0.3, -0.25) is 14.9 Å². The Bertz CT molecular complexity index is 1410. The maximum absolute atomic E-state index is 13.5. The lowest BCUT2D eigenvalue weighted by Gasteiger charge is -2.44. The van der Waals surface area contributed by atoms with Gasteiger partial charge in [-0.25, -0.2) is 9.78 Å². The van der Waals surface area contributed by atoms with E-state index < -0.39 is 29.5 Å². The van der Waals surface area contributed by atoms with Crippen LogP contribution in [-0.2, 0) is 6.18 Å². The van der Waals surface area contributed by atoms with Crippen molar-refractivity contribution in [1.29, 1.82) is 0 Å². The average molecular weight is 520 g/mol. The van der Waals surface area contributed by atoms with E-state index in [9.17, 15) is 32.7 Å². The Morgan fingerprint density at radius 3 is 2.58 bits per heavy atom. The first kappa shape index (κ1) is 24.0. The Labute approximate surface area is 206 Å². The summed E-state index contributed by atoms with van der Waals surface area (Å²) < 4.78 is 45.6. The molecule has 1 spiro atoms. The number of pyridine rings is 1. The molecule has 2 aliphatic heterocycles. The highest BCUT2D eigenvalue weighted by molar-refractivity contribution is 7.23. The number of aromatic nitrogens is 1. The minimum absolute atomic E-state index is 0.0250. The van der Waals surface area contributed by atoms with Gasteiger partial charge in [0, 0.05) is 31.3 Å². The topological polar surface area (TPSA) is 109 Å². The zero-order valence-corrected chi connectivity index (χ0v) is 19.8. The van der Waals surface area contributed by atoms with Crippen molar-refractivity contribution in [2.75, 3.05) is 18.4 Å². The number of ketones is 1. The summed E-state index contributed by atoms with van der Waals surface area (Å²) in [5, 5.41) is 11.4. The van der Waals surface area contributed by atoms with Crippen LogP contribution in [0.2, 0.25) is 0 Å². The molecule has 12 heteroatoms. The van der Waals surface area contributed by atoms with Gasteiger partial charge in [-0.2, -0.15) is 13.2 Å². The van der Waals surface area contributed by atoms with Crippen LogP contribution in [0.25, 0.3) is 10.2 Å². The van der Waals surface area contributed by atoms with Gasteiger partial charge < -0.3 is 14.7 Å². The number of likely N-dealkylation sites (tertiary alicyclic amines) is 1. The molecule has 0 unspecified atom stereocenters. The fourth-order valence-corrected chi connectivity index (χ4v) is 5.75. The Morgan fingerprint density at radius 1 is 1.19 bits per heavy atom. The fraction of sp³-hybridized carbons (Fsp3) is 0.333. The second-order valence-corrected chi connectivity index (χ2v) is 9.96. The van der Waals surface area contributed by atoms with Crippen molar-refractivity contribution in [2.45, 2.75) is 38.0 Å². The van der Waals surface area contributed by atoms with Gasteiger partial charge in [-0.15, -0.1) is 0 Å². The summed E-state index contributed by atoms with van der Waals surface area (Å²) in [6.07, 6.45) is -5.20. The van der Waals surface area contributed by atoms with Gasteiger partial charge >= 0.3 is 12.3 Å². The number of amides is 2. The molecule has 1 saturated heterocycles. The third kappa shape index (κ3) is 4.25. The van der Waals surface area contributed by atoms with Gasteiger partial charge in [0.25, 0.3) is 5.91 Å². The van der Waals surface area contributed by atoms with Crippen LogP contribution >= 0.6 is 11.3 Å². The zero-order valence-electron chi connectivity index (χ0n) is 18.9. The van der Waals surface area contributed by atoms with Crippen molar-refractivity contribution in [2.24, 2.45) is 0 Å². The molecule has 0 atom stereocenters. The van der Waals surface area contributed by atoms with E-state index in [0.717, 1.165) is 17.7 Å². The third-order valence-corrected chi connectivity index (χ3v) is 7.50. The number of hydrogen-bond donors (Lipinski definition) is 2. The predicted molar refractivity (Wildman–Crippen MR) is 125 cm³/mol. The van der Waals surface area contributed by atoms with Gasteiger partial charge in [0.1, 0.15) is 26.9 Å². The highest BCUT2D eigenvalue weighted by Gasteiger charge is 2.44. The summed E-state index contributed by atoms with van der Waals surface area (Å²) in [6.45, 7) is 2.35. The molecule has 0 radical (unpaired) electrons. The molecule has 36 heavy (non-hydrogen) atoms. The molecule has 8 nitrogen and oxygen atoms in total. The second kappa shape index (κ2) is 8.47. The van der Waals surface area contributed by atoms with Gasteiger partial charge in [-0.1, -0.05) is 23.0 Å². The molecule has 5 rings (SSSR count). The number of carbonyl (C=O) groups excluding carboxylic acids is 2. The summed E-state index contributed by atoms with van der Waals surface area (Å²) in [5.41, 5.74) is -0.438. The van der Waals surface area contributed by atoms with Gasteiger partial charge in [-0.05, 0) is 31.2 Å². The monoisotopic (exact) mass is 519 g/mol. The van der Waals surface area contributed by atoms with Crippen molar-refractivity contribution in [3.63, 3.8) is 0 Å². The highest BCUT2D eigenvalue weighted by Crippen LogP contribution is 2.42. The van der Waals surface area contributed by atoms with Crippen molar-refractivity contribution in [1.82, 2.24) is 9.88 Å². The van der Waals surface area contributed by atoms with Crippen LogP contribution < -0.4 is 10.1 Å². The van der Waals surface area contributed by atoms with E-state index in [0.29, 0.717) is 35.5 Å². The van der Waals surface area contributed by atoms with Crippen LogP contribution in [0.5, 0.6) is 5.75 Å². The van der Waals surface area contributed by atoms with E-state index in [1.807, 2.05) is 13.0 Å². The number of rotatable bonds is 2. The van der Waals surface area contributed by atoms with Crippen molar-refractivity contribution in [3.05, 3.63) is 52.7 Å². The summed E-state index contributed by atoms with van der Waals surface area (Å²) in [5.74, 6) is -0.0393. The molecule has 0 bridgehead atoms. The number of carbonyl (C=O) groups is 3. The van der Waals surface area contributed by atoms with Gasteiger partial charge in [0.2, 0.25) is 0 Å². The number of alkyl halides is 3. The number of anilines is 1. The van der Waals surface area contributed by atoms with Crippen LogP contribution in [-0.4, -0.2) is 51.5 Å². The number of fused-ring (bicyclic) bond motifs is 2. The standard InChI is InChI=1S/C24H20F3N3O5S/c1-12-2-4-16-14(10-12)15(31)11-23(35-16)6-8-30(9-7-23)21(32)18-13-3-5-17(24(25,26)27)28-19(13)36-20(18)29-22(33)34/h2-5,10,29H,6-9,11H2,1H3,(H,33,34). The highest BCUT2D eigenvalue weighted by atomic mass is 32.1. The van der Waals surface area contributed by atoms with E-state index in [2.05, 4.69) is 10.3 Å². The van der Waals surface area contributed by atoms with E-state index in [-0.39, 0.29) is 46.1 Å². The minimum Gasteiger partial charge on any atom is -0.486 e. The lowest BCUT2D eigenvalue weighted by atomic mass is 9.82. The lowest BCUT2D eigenvalue weighted by Crippen LogP contribution is -2.52. The maximum atomic E-state index is 13.5. The molecule has 188 valence electrons. The second-order valence-electron chi connectivity index (χ2n) is 8.96. The molecule has 1 fully saturated rings. The maximum Gasteiger partial charge on any atom is 0.433 e. The summed E-state index contributed by atoms with van der Waals surface area (Å²) in [7, 11) is 0. The molecule has 4 heterocycles. The molecule has 2 amide bonds. The first-order chi connectivity index (χ1) is 17.0. The lowest BCUT2D eigenvalue weighted by molar-refractivity contribution is -0.140. The molecule has 2 N–H and O–H groups in total. The molecule has 2 aliphatic rings. The number of aryl methyl sites for hydroxylation is 1. The minimum atomic E-state index is -4.68. The Morgan fingerprint density at radius 2 is 1.92 bits per heavy atom. The third-order valence-electron chi connectivity index (χ3n) is 6.49. The smallest absolute Gasteiger partial charge is 0.433 e. The SMILES string of the molecule is Cc1ccc2c(c1)C(=O)CC1(CCN(C(=O)c3c(NC(=O)O)sc4nc(C(F)(F)F)ccc34)CC1)O2. The molecule has 0 aliphatic carbocycles. The number of hydrogen-bond acceptors (Lipinski definition) is 6. The molecular weight excluding hydrogens is 499 g/mol. The Balaban J connectivity index is 1.41. The summed E-state index contributed by atoms with van der Waals surface area (Å²) >= 11 is 0.670. The number of nitrogens with zero attached hydrogens (tertiary/aromatic N) is 2. The van der Waals surface area contributed by atoms with Crippen LogP contribution in [0.4, 0.5) is 23.0 Å². The van der Waals surface area contributed by atoms with Crippen LogP contribution in [0.1, 0.15) is 51.2 Å². The number of thiophene rings is 1. The van der Waals surface area contributed by atoms with Crippen molar-refractivity contribution in [3.8, 4) is 5.75 Å². The van der Waals surface area contributed by atoms with Crippen LogP contribution in [0.3, 0.4) is 0 Å². The quantitative estimate of drug-likeness (QED) is 0.472. The normalized spacial score (nSPS) is 17.1. The number of carboxylic acid groups (broad SMARTS) is 1. The van der Waals surface area contributed by atoms with E-state index >= 15 is 0 Å². The largest absolute Gasteiger partial charge is 0.486 e. The van der Waals surface area contributed by atoms with Crippen LogP contribution in [0, 0.1) is 6.92 Å². The van der Waals surface area contributed by atoms with Gasteiger partial charge in [0.05, 0.1) is 17.5 Å². The molecule has 1 aromatic carbocycles. The van der Waals surface area contributed by atoms with E-state index in [1.54, 1.807) is 12.1 Å². The molecule has 0 saturated carbocycles. The number of nitrogens with one attached hydrogen (secondary N) is 1. The number of ether oxygens (including phenoxy) is 1. The van der Waals surface area contributed by atoms with E-state index in [1.165, 1.54) is 4.90 Å². The Kier molecular flexibility index (Phi) is 5.66. The van der Waals surface area contributed by atoms with Crippen molar-refractivity contribution >= 4 is 44.3 Å². The average Bonchev–Trinajstić information content (AvgIpc) is 3.15. The number of benzene rings is 1. The fourth-order valence-electron chi connectivity index (χ4n) is 4.70. The predicted octanol–water partition coefficient (Wildman–Crippen LogP) is 5.35. The molecular formula is C24H20F3N3O5S. The zero-order chi connectivity index (χ0) is 25.8. The summed E-state index contributed by atoms with van der Waals surface area (Å²) in [6, 6.07) is 7.32. The summed E-state index contributed by atoms with van der Waals surface area (Å²) in [4.78, 5) is 42.6. The first-order valence-corrected chi connectivity index (χ1v) is 11.9. The molecule has 3 aromatic rings. The Hall–Kier alpha value is -3.67. The van der Waals surface area contributed by atoms with E-state index in [4.69, 9.17) is 4.74 Å². The first-order valence-electron chi connectivity index (χ1n) is 11.1. The van der Waals surface area contributed by atoms with Crippen LogP contribution in [0.15, 0.2) is 30.3 Å². The van der Waals surface area contributed by atoms with Crippen molar-refractivity contribution < 1.29 is 37.4 Å². The number of halogens is 3. The number of Topliss-reactive ketones (excluding diaryl/α,β-unsaturated/α-hetero) is 1. The number of piperidine rings is 1. The van der Waals surface area contributed by atoms with Gasteiger partial charge in [0.15, 0.2) is 5.78 Å².